The molecule has 1 nitrogen and oxygen atoms in total. The molecule has 0 spiro atoms. The van der Waals surface area contributed by atoms with E-state index in [9.17, 15) is 4.39 Å². The Bertz CT molecular complexity index is 309. The minimum Gasteiger partial charge on any atom is -0.293 e. The molecule has 0 heterocycles. The average Bonchev–Trinajstić information content (AvgIpc) is 2.08. The Morgan fingerprint density at radius 1 is 1.50 bits per heavy atom. The Balaban J connectivity index is 3.16. The van der Waals surface area contributed by atoms with Gasteiger partial charge in [-0.15, -0.1) is 11.8 Å². The van der Waals surface area contributed by atoms with Crippen molar-refractivity contribution < 1.29 is 4.39 Å². The second-order valence-corrected chi connectivity index (χ2v) is 3.26. The van der Waals surface area contributed by atoms with Crippen molar-refractivity contribution in [3.63, 3.8) is 0 Å². The third kappa shape index (κ3) is 1.67. The van der Waals surface area contributed by atoms with Crippen LogP contribution in [0.25, 0.3) is 0 Å². The Labute approximate surface area is 75.5 Å². The largest absolute Gasteiger partial charge is 0.293 e. The first-order chi connectivity index (χ1) is 5.66. The van der Waals surface area contributed by atoms with E-state index in [1.54, 1.807) is 19.1 Å². The van der Waals surface area contributed by atoms with Crippen LogP contribution in [0.1, 0.15) is 11.1 Å². The molecule has 1 aromatic carbocycles. The van der Waals surface area contributed by atoms with Crippen LogP contribution in [0.15, 0.2) is 18.2 Å². The van der Waals surface area contributed by atoms with Crippen LogP contribution in [0.5, 0.6) is 0 Å². The minimum atomic E-state index is -0.244. The van der Waals surface area contributed by atoms with Crippen molar-refractivity contribution in [1.82, 2.24) is 0 Å². The summed E-state index contributed by atoms with van der Waals surface area (Å²) in [6, 6.07) is 4.80. The fourth-order valence-corrected chi connectivity index (χ4v) is 1.40. The van der Waals surface area contributed by atoms with E-state index in [1.807, 2.05) is 6.26 Å². The van der Waals surface area contributed by atoms with Crippen LogP contribution in [-0.2, 0) is 0 Å². The molecule has 64 valence electrons. The van der Waals surface area contributed by atoms with E-state index in [0.717, 1.165) is 0 Å². The Morgan fingerprint density at radius 3 is 2.75 bits per heavy atom. The molecule has 1 N–H and O–H groups in total. The van der Waals surface area contributed by atoms with E-state index < -0.39 is 0 Å². The van der Waals surface area contributed by atoms with Crippen LogP contribution in [0.2, 0.25) is 0 Å². The number of nitrogens with one attached hydrogen (secondary N) is 1. The molecule has 0 aliphatic carbocycles. The maximum Gasteiger partial charge on any atom is 0.126 e. The topological polar surface area (TPSA) is 23.9 Å². The summed E-state index contributed by atoms with van der Waals surface area (Å²) in [5.74, 6) is -0.244. The van der Waals surface area contributed by atoms with Gasteiger partial charge in [0.25, 0.3) is 0 Å². The van der Waals surface area contributed by atoms with Crippen molar-refractivity contribution in [2.75, 3.05) is 6.26 Å². The Morgan fingerprint density at radius 2 is 2.17 bits per heavy atom. The third-order valence-electron chi connectivity index (χ3n) is 1.72. The zero-order valence-corrected chi connectivity index (χ0v) is 7.83. The summed E-state index contributed by atoms with van der Waals surface area (Å²) in [6.45, 7) is 1.69. The maximum absolute atomic E-state index is 13.0. The second-order valence-electron chi connectivity index (χ2n) is 2.45. The predicted molar refractivity (Wildman–Crippen MR) is 51.5 cm³/mol. The van der Waals surface area contributed by atoms with Gasteiger partial charge in [-0.1, -0.05) is 12.1 Å². The summed E-state index contributed by atoms with van der Waals surface area (Å²) in [6.07, 6.45) is 1.81. The fraction of sp³-hybridized carbons (Fsp3) is 0.222. The van der Waals surface area contributed by atoms with E-state index in [4.69, 9.17) is 5.41 Å². The molecular weight excluding hydrogens is 173 g/mol. The van der Waals surface area contributed by atoms with E-state index in [1.165, 1.54) is 17.8 Å². The molecule has 1 rings (SSSR count). The summed E-state index contributed by atoms with van der Waals surface area (Å²) in [5.41, 5.74) is 1.24. The highest BCUT2D eigenvalue weighted by atomic mass is 32.2. The van der Waals surface area contributed by atoms with Gasteiger partial charge in [0.15, 0.2) is 0 Å². The molecule has 0 atom stereocenters. The molecule has 0 amide bonds. The first kappa shape index (κ1) is 9.26. The lowest BCUT2D eigenvalue weighted by Crippen LogP contribution is -1.97. The summed E-state index contributed by atoms with van der Waals surface area (Å²) in [4.78, 5) is 0. The van der Waals surface area contributed by atoms with Gasteiger partial charge in [0.05, 0.1) is 5.04 Å². The van der Waals surface area contributed by atoms with E-state index in [0.29, 0.717) is 16.2 Å². The van der Waals surface area contributed by atoms with Gasteiger partial charge in [0, 0.05) is 5.56 Å². The monoisotopic (exact) mass is 183 g/mol. The number of hydrogen-bond donors (Lipinski definition) is 1. The Hall–Kier alpha value is -0.830. The zero-order chi connectivity index (χ0) is 9.14. The van der Waals surface area contributed by atoms with Crippen LogP contribution in [-0.4, -0.2) is 11.3 Å². The first-order valence-electron chi connectivity index (χ1n) is 3.55. The second kappa shape index (κ2) is 3.72. The highest BCUT2D eigenvalue weighted by Gasteiger charge is 2.06. The van der Waals surface area contributed by atoms with Gasteiger partial charge in [0.1, 0.15) is 5.82 Å². The lowest BCUT2D eigenvalue weighted by atomic mass is 10.1. The number of thioether (sulfide) groups is 1. The molecule has 0 saturated carbocycles. The summed E-state index contributed by atoms with van der Waals surface area (Å²) in [7, 11) is 0. The molecule has 0 aromatic heterocycles. The Kier molecular flexibility index (Phi) is 2.87. The number of benzene rings is 1. The number of rotatable bonds is 1. The molecule has 1 aromatic rings. The predicted octanol–water partition coefficient (Wildman–Crippen LogP) is 2.82. The molecule has 0 saturated heterocycles. The van der Waals surface area contributed by atoms with Crippen molar-refractivity contribution in [2.45, 2.75) is 6.92 Å². The molecule has 0 aliphatic rings. The standard InChI is InChI=1S/C9H10FNS/c1-6-7(9(11)12-2)4-3-5-8(6)10/h3-5,11H,1-2H3. The molecule has 0 aliphatic heterocycles. The summed E-state index contributed by atoms with van der Waals surface area (Å²) < 4.78 is 13.0. The SMILES string of the molecule is CSC(=N)c1cccc(F)c1C. The van der Waals surface area contributed by atoms with E-state index >= 15 is 0 Å². The molecule has 3 heteroatoms. The van der Waals surface area contributed by atoms with Crippen LogP contribution in [0.3, 0.4) is 0 Å². The van der Waals surface area contributed by atoms with Crippen molar-refractivity contribution >= 4 is 16.8 Å². The van der Waals surface area contributed by atoms with Crippen molar-refractivity contribution in [2.24, 2.45) is 0 Å². The van der Waals surface area contributed by atoms with Crippen molar-refractivity contribution in [3.8, 4) is 0 Å². The van der Waals surface area contributed by atoms with Gasteiger partial charge < -0.3 is 0 Å². The molecule has 0 fully saturated rings. The minimum absolute atomic E-state index is 0.244. The van der Waals surface area contributed by atoms with E-state index in [-0.39, 0.29) is 5.82 Å². The lowest BCUT2D eigenvalue weighted by molar-refractivity contribution is 0.618. The van der Waals surface area contributed by atoms with Crippen molar-refractivity contribution in [3.05, 3.63) is 35.1 Å². The molecule has 0 radical (unpaired) electrons. The van der Waals surface area contributed by atoms with Gasteiger partial charge in [-0.3, -0.25) is 5.41 Å². The highest BCUT2D eigenvalue weighted by molar-refractivity contribution is 8.13. The normalized spacial score (nSPS) is 9.92. The fourth-order valence-electron chi connectivity index (χ4n) is 0.963. The van der Waals surface area contributed by atoms with E-state index in [2.05, 4.69) is 0 Å². The van der Waals surface area contributed by atoms with Gasteiger partial charge in [0.2, 0.25) is 0 Å². The van der Waals surface area contributed by atoms with Gasteiger partial charge in [-0.2, -0.15) is 0 Å². The highest BCUT2D eigenvalue weighted by Crippen LogP contribution is 2.16. The first-order valence-corrected chi connectivity index (χ1v) is 4.77. The third-order valence-corrected chi connectivity index (χ3v) is 2.34. The number of hydrogen-bond acceptors (Lipinski definition) is 2. The maximum atomic E-state index is 13.0. The van der Waals surface area contributed by atoms with Gasteiger partial charge in [-0.05, 0) is 24.8 Å². The molecule has 0 bridgehead atoms. The lowest BCUT2D eigenvalue weighted by Gasteiger charge is -2.04. The molecule has 0 unspecified atom stereocenters. The van der Waals surface area contributed by atoms with Gasteiger partial charge >= 0.3 is 0 Å². The van der Waals surface area contributed by atoms with Crippen LogP contribution in [0, 0.1) is 18.2 Å². The quantitative estimate of drug-likeness (QED) is 0.525. The van der Waals surface area contributed by atoms with Crippen LogP contribution >= 0.6 is 11.8 Å². The van der Waals surface area contributed by atoms with Crippen LogP contribution in [0.4, 0.5) is 4.39 Å². The summed E-state index contributed by atoms with van der Waals surface area (Å²) in [5, 5.41) is 7.92. The zero-order valence-electron chi connectivity index (χ0n) is 7.02. The van der Waals surface area contributed by atoms with Crippen LogP contribution < -0.4 is 0 Å². The molecular formula is C9H10FNS. The summed E-state index contributed by atoms with van der Waals surface area (Å²) >= 11 is 1.32. The van der Waals surface area contributed by atoms with Crippen molar-refractivity contribution in [1.29, 1.82) is 5.41 Å². The van der Waals surface area contributed by atoms with Gasteiger partial charge in [-0.25, -0.2) is 4.39 Å². The molecule has 12 heavy (non-hydrogen) atoms. The smallest absolute Gasteiger partial charge is 0.126 e. The number of halogens is 1. The average molecular weight is 183 g/mol.